The van der Waals surface area contributed by atoms with Gasteiger partial charge < -0.3 is 9.80 Å². The molecule has 0 spiro atoms. The first-order valence-electron chi connectivity index (χ1n) is 11.0. The normalized spacial score (nSPS) is 18.4. The van der Waals surface area contributed by atoms with Crippen LogP contribution in [-0.4, -0.2) is 49.7 Å². The van der Waals surface area contributed by atoms with Crippen LogP contribution in [0.3, 0.4) is 0 Å². The second kappa shape index (κ2) is 10.6. The maximum atomic E-state index is 14.1. The maximum absolute atomic E-state index is 14.1. The fourth-order valence-electron chi connectivity index (χ4n) is 3.75. The number of para-hydroxylation sites is 2. The molecule has 34 heavy (non-hydrogen) atoms. The third kappa shape index (κ3) is 5.42. The van der Waals surface area contributed by atoms with Gasteiger partial charge in [0, 0.05) is 24.6 Å². The van der Waals surface area contributed by atoms with Crippen molar-refractivity contribution in [2.45, 2.75) is 13.1 Å². The van der Waals surface area contributed by atoms with Crippen LogP contribution >= 0.6 is 23.5 Å². The van der Waals surface area contributed by atoms with Crippen molar-refractivity contribution in [2.75, 3.05) is 24.6 Å². The first kappa shape index (κ1) is 22.9. The van der Waals surface area contributed by atoms with Crippen molar-refractivity contribution in [1.29, 1.82) is 0 Å². The number of hydrogen-bond donors (Lipinski definition) is 0. The van der Waals surface area contributed by atoms with Crippen LogP contribution in [0, 0.1) is 11.6 Å². The van der Waals surface area contributed by atoms with Crippen molar-refractivity contribution in [3.63, 3.8) is 0 Å². The van der Waals surface area contributed by atoms with Gasteiger partial charge in [0.1, 0.15) is 23.0 Å². The lowest BCUT2D eigenvalue weighted by atomic mass is 10.2. The number of amidine groups is 2. The molecule has 0 amide bonds. The third-order valence-corrected chi connectivity index (χ3v) is 7.42. The molecule has 2 aliphatic rings. The highest BCUT2D eigenvalue weighted by Gasteiger charge is 2.23. The minimum atomic E-state index is -0.320. The van der Waals surface area contributed by atoms with Crippen LogP contribution in [0.4, 0.5) is 20.2 Å². The molecule has 2 saturated heterocycles. The van der Waals surface area contributed by atoms with Gasteiger partial charge in [0.05, 0.1) is 24.5 Å². The molecule has 5 rings (SSSR count). The summed E-state index contributed by atoms with van der Waals surface area (Å²) in [6, 6.07) is 19.1. The Morgan fingerprint density at radius 3 is 1.62 bits per heavy atom. The van der Waals surface area contributed by atoms with Crippen LogP contribution < -0.4 is 0 Å². The Morgan fingerprint density at radius 2 is 1.15 bits per heavy atom. The SMILES string of the molecule is Fc1ccccc1N=C1SCCN1Cc1cccc(CN2CCSC2=Nc2ccccc2F)n1. The number of aliphatic imine (C=N–C) groups is 2. The van der Waals surface area contributed by atoms with Crippen LogP contribution in [0.2, 0.25) is 0 Å². The van der Waals surface area contributed by atoms with Gasteiger partial charge in [0.2, 0.25) is 0 Å². The summed E-state index contributed by atoms with van der Waals surface area (Å²) in [5.41, 5.74) is 2.57. The van der Waals surface area contributed by atoms with Gasteiger partial charge in [-0.25, -0.2) is 18.8 Å². The number of aromatic nitrogens is 1. The van der Waals surface area contributed by atoms with Crippen molar-refractivity contribution in [1.82, 2.24) is 14.8 Å². The van der Waals surface area contributed by atoms with Crippen molar-refractivity contribution in [3.8, 4) is 0 Å². The smallest absolute Gasteiger partial charge is 0.164 e. The van der Waals surface area contributed by atoms with Gasteiger partial charge in [0.25, 0.3) is 0 Å². The molecule has 2 aliphatic heterocycles. The molecule has 0 bridgehead atoms. The molecular weight excluding hydrogens is 472 g/mol. The molecule has 1 aromatic heterocycles. The van der Waals surface area contributed by atoms with Crippen LogP contribution in [0.1, 0.15) is 11.4 Å². The number of pyridine rings is 1. The van der Waals surface area contributed by atoms with E-state index in [1.54, 1.807) is 59.9 Å². The second-order valence-corrected chi connectivity index (χ2v) is 9.98. The maximum Gasteiger partial charge on any atom is 0.164 e. The fraction of sp³-hybridized carbons (Fsp3) is 0.240. The number of halogens is 2. The van der Waals surface area contributed by atoms with Crippen molar-refractivity contribution in [2.24, 2.45) is 9.98 Å². The highest BCUT2D eigenvalue weighted by Crippen LogP contribution is 2.27. The summed E-state index contributed by atoms with van der Waals surface area (Å²) >= 11 is 3.26. The third-order valence-electron chi connectivity index (χ3n) is 5.43. The van der Waals surface area contributed by atoms with Gasteiger partial charge in [-0.1, -0.05) is 53.9 Å². The summed E-state index contributed by atoms with van der Waals surface area (Å²) in [6.45, 7) is 2.90. The van der Waals surface area contributed by atoms with Crippen LogP contribution in [0.25, 0.3) is 0 Å². The van der Waals surface area contributed by atoms with Crippen LogP contribution in [0.15, 0.2) is 76.7 Å². The number of rotatable bonds is 6. The predicted octanol–water partition coefficient (Wildman–Crippen LogP) is 5.83. The van der Waals surface area contributed by atoms with E-state index in [0.29, 0.717) is 24.5 Å². The molecular formula is C25H23F2N5S2. The molecule has 0 unspecified atom stereocenters. The van der Waals surface area contributed by atoms with E-state index in [-0.39, 0.29) is 11.6 Å². The molecule has 174 valence electrons. The van der Waals surface area contributed by atoms with Crippen molar-refractivity contribution >= 4 is 45.2 Å². The fourth-order valence-corrected chi connectivity index (χ4v) is 5.75. The number of benzene rings is 2. The van der Waals surface area contributed by atoms with Crippen molar-refractivity contribution in [3.05, 3.63) is 89.8 Å². The number of thioether (sulfide) groups is 2. The molecule has 3 heterocycles. The molecule has 0 N–H and O–H groups in total. The van der Waals surface area contributed by atoms with Gasteiger partial charge in [0.15, 0.2) is 10.3 Å². The molecule has 0 saturated carbocycles. The zero-order chi connectivity index (χ0) is 23.3. The Kier molecular flexibility index (Phi) is 7.10. The summed E-state index contributed by atoms with van der Waals surface area (Å²) in [6.07, 6.45) is 0. The van der Waals surface area contributed by atoms with E-state index >= 15 is 0 Å². The predicted molar refractivity (Wildman–Crippen MR) is 137 cm³/mol. The molecule has 0 radical (unpaired) electrons. The molecule has 0 aliphatic carbocycles. The minimum absolute atomic E-state index is 0.320. The lowest BCUT2D eigenvalue weighted by Gasteiger charge is -2.20. The molecule has 3 aromatic rings. The quantitative estimate of drug-likeness (QED) is 0.430. The zero-order valence-electron chi connectivity index (χ0n) is 18.4. The Morgan fingerprint density at radius 1 is 0.676 bits per heavy atom. The summed E-state index contributed by atoms with van der Waals surface area (Å²) in [5.74, 6) is 1.18. The highest BCUT2D eigenvalue weighted by molar-refractivity contribution is 8.14. The Bertz CT molecular complexity index is 1140. The van der Waals surface area contributed by atoms with Gasteiger partial charge in [-0.2, -0.15) is 0 Å². The monoisotopic (exact) mass is 495 g/mol. The van der Waals surface area contributed by atoms with Crippen LogP contribution in [0.5, 0.6) is 0 Å². The van der Waals surface area contributed by atoms with Gasteiger partial charge >= 0.3 is 0 Å². The van der Waals surface area contributed by atoms with Crippen LogP contribution in [-0.2, 0) is 13.1 Å². The van der Waals surface area contributed by atoms with E-state index in [1.807, 2.05) is 18.2 Å². The topological polar surface area (TPSA) is 44.1 Å². The standard InChI is InChI=1S/C25H23F2N5S2/c26-20-8-1-3-10-22(20)29-24-31(12-14-33-24)16-18-6-5-7-19(28-18)17-32-13-15-34-25(32)30-23-11-4-2-9-21(23)27/h1-11H,12-17H2. The average molecular weight is 496 g/mol. The Hall–Kier alpha value is -2.91. The summed E-state index contributed by atoms with van der Waals surface area (Å²) in [7, 11) is 0. The van der Waals surface area contributed by atoms with E-state index in [1.165, 1.54) is 12.1 Å². The lowest BCUT2D eigenvalue weighted by Crippen LogP contribution is -2.26. The summed E-state index contributed by atoms with van der Waals surface area (Å²) < 4.78 is 28.1. The summed E-state index contributed by atoms with van der Waals surface area (Å²) in [4.78, 5) is 18.2. The van der Waals surface area contributed by atoms with E-state index in [9.17, 15) is 8.78 Å². The summed E-state index contributed by atoms with van der Waals surface area (Å²) in [5, 5.41) is 1.63. The Balaban J connectivity index is 1.29. The van der Waals surface area contributed by atoms with E-state index in [0.717, 1.165) is 46.3 Å². The molecule has 2 fully saturated rings. The van der Waals surface area contributed by atoms with Crippen molar-refractivity contribution < 1.29 is 8.78 Å². The molecule has 9 heteroatoms. The van der Waals surface area contributed by atoms with E-state index in [4.69, 9.17) is 4.98 Å². The minimum Gasteiger partial charge on any atom is -0.344 e. The zero-order valence-corrected chi connectivity index (χ0v) is 20.0. The highest BCUT2D eigenvalue weighted by atomic mass is 32.2. The van der Waals surface area contributed by atoms with E-state index in [2.05, 4.69) is 19.8 Å². The first-order chi connectivity index (χ1) is 16.7. The number of hydrogen-bond acceptors (Lipinski definition) is 5. The average Bonchev–Trinajstić information content (AvgIpc) is 3.46. The second-order valence-electron chi connectivity index (χ2n) is 7.85. The lowest BCUT2D eigenvalue weighted by molar-refractivity contribution is 0.436. The van der Waals surface area contributed by atoms with Gasteiger partial charge in [-0.05, 0) is 36.4 Å². The van der Waals surface area contributed by atoms with Gasteiger partial charge in [-0.3, -0.25) is 4.98 Å². The largest absolute Gasteiger partial charge is 0.344 e. The van der Waals surface area contributed by atoms with Gasteiger partial charge in [-0.15, -0.1) is 0 Å². The van der Waals surface area contributed by atoms with E-state index < -0.39 is 0 Å². The molecule has 2 aromatic carbocycles. The Labute approximate surface area is 206 Å². The first-order valence-corrected chi connectivity index (χ1v) is 13.0. The molecule has 0 atom stereocenters. The number of nitrogens with zero attached hydrogens (tertiary/aromatic N) is 5. The molecule has 5 nitrogen and oxygen atoms in total.